The maximum absolute atomic E-state index is 13.5. The highest BCUT2D eigenvalue weighted by molar-refractivity contribution is 5.41. The standard InChI is InChI=1S/C14H13FN4/c1-19(14-8-12(9-16)17-10-18-14)7-6-11-4-2-3-5-13(11)15/h2-5,8,10H,6-7H2,1H3. The number of nitriles is 1. The summed E-state index contributed by atoms with van der Waals surface area (Å²) < 4.78 is 13.5. The van der Waals surface area contributed by atoms with Crippen LogP contribution < -0.4 is 4.90 Å². The van der Waals surface area contributed by atoms with Crippen LogP contribution in [0.15, 0.2) is 36.7 Å². The Morgan fingerprint density at radius 1 is 1.32 bits per heavy atom. The van der Waals surface area contributed by atoms with Crippen LogP contribution in [0, 0.1) is 17.1 Å². The van der Waals surface area contributed by atoms with E-state index in [0.29, 0.717) is 30.0 Å². The van der Waals surface area contributed by atoms with Crippen molar-refractivity contribution in [2.24, 2.45) is 0 Å². The minimum atomic E-state index is -0.198. The van der Waals surface area contributed by atoms with Crippen LogP contribution in [-0.4, -0.2) is 23.6 Å². The second kappa shape index (κ2) is 5.91. The van der Waals surface area contributed by atoms with Crippen molar-refractivity contribution in [3.63, 3.8) is 0 Å². The third-order valence-electron chi connectivity index (χ3n) is 2.83. The molecule has 1 aromatic heterocycles. The molecule has 0 spiro atoms. The number of hydrogen-bond acceptors (Lipinski definition) is 4. The number of rotatable bonds is 4. The molecule has 4 nitrogen and oxygen atoms in total. The van der Waals surface area contributed by atoms with Gasteiger partial charge in [-0.2, -0.15) is 5.26 Å². The van der Waals surface area contributed by atoms with Gasteiger partial charge < -0.3 is 4.90 Å². The van der Waals surface area contributed by atoms with Crippen molar-refractivity contribution in [2.45, 2.75) is 6.42 Å². The smallest absolute Gasteiger partial charge is 0.145 e. The predicted molar refractivity (Wildman–Crippen MR) is 70.1 cm³/mol. The Balaban J connectivity index is 2.03. The molecule has 0 bridgehead atoms. The first-order chi connectivity index (χ1) is 9.20. The predicted octanol–water partition coefficient (Wildman–Crippen LogP) is 2.17. The fraction of sp³-hybridized carbons (Fsp3) is 0.214. The summed E-state index contributed by atoms with van der Waals surface area (Å²) in [5, 5.41) is 8.78. The van der Waals surface area contributed by atoms with E-state index in [0.717, 1.165) is 0 Å². The SMILES string of the molecule is CN(CCc1ccccc1F)c1cc(C#N)ncn1. The van der Waals surface area contributed by atoms with Gasteiger partial charge in [-0.15, -0.1) is 0 Å². The van der Waals surface area contributed by atoms with Gasteiger partial charge in [-0.1, -0.05) is 18.2 Å². The lowest BCUT2D eigenvalue weighted by Crippen LogP contribution is -2.22. The van der Waals surface area contributed by atoms with E-state index in [9.17, 15) is 4.39 Å². The van der Waals surface area contributed by atoms with Crippen LogP contribution in [-0.2, 0) is 6.42 Å². The van der Waals surface area contributed by atoms with Gasteiger partial charge in [0.05, 0.1) is 0 Å². The zero-order chi connectivity index (χ0) is 13.7. The fourth-order valence-corrected chi connectivity index (χ4v) is 1.72. The number of halogens is 1. The summed E-state index contributed by atoms with van der Waals surface area (Å²) in [6.07, 6.45) is 1.93. The van der Waals surface area contributed by atoms with E-state index in [1.807, 2.05) is 24.1 Å². The second-order valence-electron chi connectivity index (χ2n) is 4.14. The van der Waals surface area contributed by atoms with Gasteiger partial charge in [-0.05, 0) is 18.1 Å². The van der Waals surface area contributed by atoms with E-state index < -0.39 is 0 Å². The highest BCUT2D eigenvalue weighted by atomic mass is 19.1. The summed E-state index contributed by atoms with van der Waals surface area (Å²) in [6.45, 7) is 0.614. The van der Waals surface area contributed by atoms with Crippen molar-refractivity contribution in [1.82, 2.24) is 9.97 Å². The lowest BCUT2D eigenvalue weighted by molar-refractivity contribution is 0.608. The topological polar surface area (TPSA) is 52.8 Å². The Labute approximate surface area is 111 Å². The molecule has 0 N–H and O–H groups in total. The van der Waals surface area contributed by atoms with Crippen LogP contribution in [0.5, 0.6) is 0 Å². The van der Waals surface area contributed by atoms with Gasteiger partial charge >= 0.3 is 0 Å². The average Bonchev–Trinajstić information content (AvgIpc) is 2.46. The van der Waals surface area contributed by atoms with Crippen LogP contribution in [0.2, 0.25) is 0 Å². The molecule has 0 aliphatic heterocycles. The number of nitrogens with zero attached hydrogens (tertiary/aromatic N) is 4. The highest BCUT2D eigenvalue weighted by Gasteiger charge is 2.06. The molecule has 0 radical (unpaired) electrons. The second-order valence-corrected chi connectivity index (χ2v) is 4.14. The molecule has 1 heterocycles. The van der Waals surface area contributed by atoms with E-state index in [4.69, 9.17) is 5.26 Å². The van der Waals surface area contributed by atoms with Crippen molar-refractivity contribution >= 4 is 5.82 Å². The van der Waals surface area contributed by atoms with Crippen molar-refractivity contribution in [3.05, 3.63) is 53.7 Å². The summed E-state index contributed by atoms with van der Waals surface area (Å²) in [4.78, 5) is 9.78. The number of aromatic nitrogens is 2. The summed E-state index contributed by atoms with van der Waals surface area (Å²) in [5.74, 6) is 0.458. The van der Waals surface area contributed by atoms with Crippen molar-refractivity contribution in [1.29, 1.82) is 5.26 Å². The zero-order valence-corrected chi connectivity index (χ0v) is 10.5. The van der Waals surface area contributed by atoms with Crippen LogP contribution in [0.1, 0.15) is 11.3 Å². The monoisotopic (exact) mass is 256 g/mol. The molecule has 0 amide bonds. The largest absolute Gasteiger partial charge is 0.359 e. The Morgan fingerprint density at radius 2 is 2.11 bits per heavy atom. The molecule has 96 valence electrons. The molecular formula is C14H13FN4. The average molecular weight is 256 g/mol. The van der Waals surface area contributed by atoms with Gasteiger partial charge in [0.1, 0.15) is 29.7 Å². The molecule has 1 aromatic carbocycles. The minimum Gasteiger partial charge on any atom is -0.359 e. The Kier molecular flexibility index (Phi) is 4.04. The third-order valence-corrected chi connectivity index (χ3v) is 2.83. The van der Waals surface area contributed by atoms with Gasteiger partial charge in [0.25, 0.3) is 0 Å². The lowest BCUT2D eigenvalue weighted by Gasteiger charge is -2.17. The zero-order valence-electron chi connectivity index (χ0n) is 10.5. The normalized spacial score (nSPS) is 9.95. The fourth-order valence-electron chi connectivity index (χ4n) is 1.72. The molecule has 0 unspecified atom stereocenters. The van der Waals surface area contributed by atoms with Crippen molar-refractivity contribution in [2.75, 3.05) is 18.5 Å². The Morgan fingerprint density at radius 3 is 2.84 bits per heavy atom. The van der Waals surface area contributed by atoms with Gasteiger partial charge in [-0.3, -0.25) is 0 Å². The van der Waals surface area contributed by atoms with Crippen molar-refractivity contribution in [3.8, 4) is 6.07 Å². The van der Waals surface area contributed by atoms with E-state index >= 15 is 0 Å². The molecule has 0 saturated carbocycles. The Bertz CT molecular complexity index is 606. The van der Waals surface area contributed by atoms with Gasteiger partial charge in [0.15, 0.2) is 0 Å². The maximum Gasteiger partial charge on any atom is 0.145 e. The quantitative estimate of drug-likeness (QED) is 0.841. The number of benzene rings is 1. The molecule has 5 heteroatoms. The highest BCUT2D eigenvalue weighted by Crippen LogP contribution is 2.11. The van der Waals surface area contributed by atoms with Crippen LogP contribution in [0.25, 0.3) is 0 Å². The molecule has 0 aliphatic rings. The lowest BCUT2D eigenvalue weighted by atomic mass is 10.1. The summed E-state index contributed by atoms with van der Waals surface area (Å²) in [7, 11) is 1.85. The van der Waals surface area contributed by atoms with E-state index in [1.54, 1.807) is 18.2 Å². The van der Waals surface area contributed by atoms with Crippen molar-refractivity contribution < 1.29 is 4.39 Å². The first-order valence-corrected chi connectivity index (χ1v) is 5.87. The number of hydrogen-bond donors (Lipinski definition) is 0. The summed E-state index contributed by atoms with van der Waals surface area (Å²) >= 11 is 0. The molecule has 0 atom stereocenters. The molecular weight excluding hydrogens is 243 g/mol. The number of anilines is 1. The molecule has 0 aliphatic carbocycles. The maximum atomic E-state index is 13.5. The summed E-state index contributed by atoms with van der Waals surface area (Å²) in [5.41, 5.74) is 0.992. The molecule has 2 aromatic rings. The van der Waals surface area contributed by atoms with E-state index in [1.165, 1.54) is 12.4 Å². The van der Waals surface area contributed by atoms with Crippen LogP contribution >= 0.6 is 0 Å². The van der Waals surface area contributed by atoms with Gasteiger partial charge in [0.2, 0.25) is 0 Å². The molecule has 0 fully saturated rings. The van der Waals surface area contributed by atoms with E-state index in [-0.39, 0.29) is 5.82 Å². The minimum absolute atomic E-state index is 0.198. The Hall–Kier alpha value is -2.48. The molecule has 2 rings (SSSR count). The van der Waals surface area contributed by atoms with Crippen LogP contribution in [0.3, 0.4) is 0 Å². The van der Waals surface area contributed by atoms with Gasteiger partial charge in [-0.25, -0.2) is 14.4 Å². The first-order valence-electron chi connectivity index (χ1n) is 5.87. The number of likely N-dealkylation sites (N-methyl/N-ethyl adjacent to an activating group) is 1. The van der Waals surface area contributed by atoms with Crippen LogP contribution in [0.4, 0.5) is 10.2 Å². The molecule has 0 saturated heterocycles. The third kappa shape index (κ3) is 3.26. The first kappa shape index (κ1) is 13.0. The van der Waals surface area contributed by atoms with E-state index in [2.05, 4.69) is 9.97 Å². The van der Waals surface area contributed by atoms with Gasteiger partial charge in [0, 0.05) is 19.7 Å². The summed E-state index contributed by atoms with van der Waals surface area (Å²) in [6, 6.07) is 10.3. The molecule has 19 heavy (non-hydrogen) atoms.